The van der Waals surface area contributed by atoms with Gasteiger partial charge in [0.05, 0.1) is 6.54 Å². The summed E-state index contributed by atoms with van der Waals surface area (Å²) in [5.41, 5.74) is 5.60. The normalized spacial score (nSPS) is 19.4. The van der Waals surface area contributed by atoms with Gasteiger partial charge < -0.3 is 15.5 Å². The van der Waals surface area contributed by atoms with Crippen LogP contribution in [0.2, 0.25) is 0 Å². The molecule has 0 unspecified atom stereocenters. The topological polar surface area (TPSA) is 50.3 Å². The summed E-state index contributed by atoms with van der Waals surface area (Å²) in [6.07, 6.45) is 5.11. The Hall–Kier alpha value is -0.910. The molecule has 17 heavy (non-hydrogen) atoms. The second-order valence-corrected chi connectivity index (χ2v) is 4.59. The third-order valence-electron chi connectivity index (χ3n) is 3.33. The van der Waals surface area contributed by atoms with E-state index in [2.05, 4.69) is 14.9 Å². The quantitative estimate of drug-likeness (QED) is 0.774. The molecule has 2 rings (SSSR count). The number of aromatic nitrogens is 2. The molecule has 1 aromatic heterocycles. The van der Waals surface area contributed by atoms with Gasteiger partial charge in [-0.05, 0) is 25.6 Å². The Kier molecular flexibility index (Phi) is 4.97. The fourth-order valence-corrected chi connectivity index (χ4v) is 2.33. The van der Waals surface area contributed by atoms with E-state index in [0.717, 1.165) is 39.3 Å². The Morgan fingerprint density at radius 1 is 1.00 bits per heavy atom. The molecule has 1 aliphatic heterocycles. The Morgan fingerprint density at radius 2 is 1.76 bits per heavy atom. The van der Waals surface area contributed by atoms with Gasteiger partial charge in [0.25, 0.3) is 0 Å². The van der Waals surface area contributed by atoms with E-state index in [1.165, 1.54) is 19.5 Å². The lowest BCUT2D eigenvalue weighted by atomic mass is 10.4. The zero-order valence-corrected chi connectivity index (χ0v) is 10.5. The van der Waals surface area contributed by atoms with E-state index in [1.54, 1.807) is 0 Å². The highest BCUT2D eigenvalue weighted by Crippen LogP contribution is 2.02. The molecule has 5 heteroatoms. The molecular formula is C12H23N5. The highest BCUT2D eigenvalue weighted by Gasteiger charge is 2.13. The molecule has 0 saturated carbocycles. The van der Waals surface area contributed by atoms with E-state index < -0.39 is 0 Å². The monoisotopic (exact) mass is 237 g/mol. The van der Waals surface area contributed by atoms with Crippen molar-refractivity contribution in [2.75, 3.05) is 45.8 Å². The van der Waals surface area contributed by atoms with Gasteiger partial charge in [-0.3, -0.25) is 4.68 Å². The average Bonchev–Trinajstić information content (AvgIpc) is 2.75. The smallest absolute Gasteiger partial charge is 0.0536 e. The molecule has 96 valence electrons. The van der Waals surface area contributed by atoms with Crippen LogP contribution in [0.4, 0.5) is 0 Å². The van der Waals surface area contributed by atoms with E-state index in [4.69, 9.17) is 5.73 Å². The van der Waals surface area contributed by atoms with Gasteiger partial charge in [-0.15, -0.1) is 0 Å². The van der Waals surface area contributed by atoms with Gasteiger partial charge in [-0.1, -0.05) is 0 Å². The molecule has 1 aromatic rings. The number of nitrogens with two attached hydrogens (primary N) is 1. The number of rotatable bonds is 5. The third kappa shape index (κ3) is 4.11. The summed E-state index contributed by atoms with van der Waals surface area (Å²) >= 11 is 0. The lowest BCUT2D eigenvalue weighted by Crippen LogP contribution is -2.34. The van der Waals surface area contributed by atoms with E-state index in [-0.39, 0.29) is 0 Å². The molecule has 1 fully saturated rings. The van der Waals surface area contributed by atoms with Crippen molar-refractivity contribution in [1.29, 1.82) is 0 Å². The highest BCUT2D eigenvalue weighted by atomic mass is 15.3. The number of hydrogen-bond donors (Lipinski definition) is 1. The SMILES string of the molecule is NCCN1CCCN(CCn2cccn2)CC1. The predicted molar refractivity (Wildman–Crippen MR) is 68.8 cm³/mol. The standard InChI is InChI=1S/C12H23N5/c13-3-8-15-5-2-6-16(10-9-15)11-12-17-7-1-4-14-17/h1,4,7H,2-3,5-6,8-13H2. The van der Waals surface area contributed by atoms with Crippen molar-refractivity contribution in [2.24, 2.45) is 5.73 Å². The average molecular weight is 237 g/mol. The van der Waals surface area contributed by atoms with Gasteiger partial charge in [0.15, 0.2) is 0 Å². The van der Waals surface area contributed by atoms with Crippen molar-refractivity contribution in [3.8, 4) is 0 Å². The second kappa shape index (κ2) is 6.74. The van der Waals surface area contributed by atoms with Gasteiger partial charge in [0.2, 0.25) is 0 Å². The first kappa shape index (κ1) is 12.5. The van der Waals surface area contributed by atoms with E-state index in [0.29, 0.717) is 0 Å². The molecular weight excluding hydrogens is 214 g/mol. The van der Waals surface area contributed by atoms with Crippen LogP contribution in [0.5, 0.6) is 0 Å². The van der Waals surface area contributed by atoms with E-state index in [9.17, 15) is 0 Å². The Bertz CT molecular complexity index is 298. The fraction of sp³-hybridized carbons (Fsp3) is 0.750. The van der Waals surface area contributed by atoms with Crippen LogP contribution in [0.3, 0.4) is 0 Å². The van der Waals surface area contributed by atoms with Crippen molar-refractivity contribution in [2.45, 2.75) is 13.0 Å². The second-order valence-electron chi connectivity index (χ2n) is 4.59. The first-order valence-corrected chi connectivity index (χ1v) is 6.50. The van der Waals surface area contributed by atoms with Crippen LogP contribution in [0.15, 0.2) is 18.5 Å². The van der Waals surface area contributed by atoms with Crippen LogP contribution in [0.1, 0.15) is 6.42 Å². The van der Waals surface area contributed by atoms with E-state index in [1.807, 2.05) is 23.1 Å². The minimum atomic E-state index is 0.771. The summed E-state index contributed by atoms with van der Waals surface area (Å²) in [6, 6.07) is 1.98. The van der Waals surface area contributed by atoms with Gasteiger partial charge in [-0.2, -0.15) is 5.10 Å². The molecule has 0 spiro atoms. The maximum Gasteiger partial charge on any atom is 0.0536 e. The summed E-state index contributed by atoms with van der Waals surface area (Å²) in [7, 11) is 0. The maximum atomic E-state index is 5.60. The molecule has 0 amide bonds. The largest absolute Gasteiger partial charge is 0.329 e. The zero-order valence-electron chi connectivity index (χ0n) is 10.5. The summed E-state index contributed by atoms with van der Waals surface area (Å²) in [6.45, 7) is 8.58. The summed E-state index contributed by atoms with van der Waals surface area (Å²) in [5, 5.41) is 4.23. The molecule has 0 aliphatic carbocycles. The van der Waals surface area contributed by atoms with Crippen LogP contribution < -0.4 is 5.73 Å². The summed E-state index contributed by atoms with van der Waals surface area (Å²) < 4.78 is 2.00. The Labute approximate surface area is 103 Å². The third-order valence-corrected chi connectivity index (χ3v) is 3.33. The maximum absolute atomic E-state index is 5.60. The molecule has 0 radical (unpaired) electrons. The van der Waals surface area contributed by atoms with Gasteiger partial charge in [0.1, 0.15) is 0 Å². The Balaban J connectivity index is 1.71. The minimum absolute atomic E-state index is 0.771. The van der Waals surface area contributed by atoms with E-state index >= 15 is 0 Å². The Morgan fingerprint density at radius 3 is 2.41 bits per heavy atom. The van der Waals surface area contributed by atoms with Gasteiger partial charge in [-0.25, -0.2) is 0 Å². The zero-order chi connectivity index (χ0) is 11.9. The molecule has 2 heterocycles. The van der Waals surface area contributed by atoms with Gasteiger partial charge in [0, 0.05) is 45.1 Å². The van der Waals surface area contributed by atoms with Crippen LogP contribution in [0, 0.1) is 0 Å². The van der Waals surface area contributed by atoms with Crippen molar-refractivity contribution >= 4 is 0 Å². The first-order chi connectivity index (χ1) is 8.38. The van der Waals surface area contributed by atoms with Crippen molar-refractivity contribution < 1.29 is 0 Å². The highest BCUT2D eigenvalue weighted by molar-refractivity contribution is 4.78. The summed E-state index contributed by atoms with van der Waals surface area (Å²) in [5.74, 6) is 0. The predicted octanol–water partition coefficient (Wildman–Crippen LogP) is -0.150. The lowest BCUT2D eigenvalue weighted by molar-refractivity contribution is 0.251. The number of nitrogens with zero attached hydrogens (tertiary/aromatic N) is 4. The van der Waals surface area contributed by atoms with Crippen molar-refractivity contribution in [3.63, 3.8) is 0 Å². The number of hydrogen-bond acceptors (Lipinski definition) is 4. The summed E-state index contributed by atoms with van der Waals surface area (Å²) in [4.78, 5) is 4.99. The molecule has 0 aromatic carbocycles. The molecule has 1 saturated heterocycles. The minimum Gasteiger partial charge on any atom is -0.329 e. The molecule has 5 nitrogen and oxygen atoms in total. The molecule has 2 N–H and O–H groups in total. The van der Waals surface area contributed by atoms with Crippen molar-refractivity contribution in [1.82, 2.24) is 19.6 Å². The van der Waals surface area contributed by atoms with Crippen molar-refractivity contribution in [3.05, 3.63) is 18.5 Å². The van der Waals surface area contributed by atoms with Crippen LogP contribution >= 0.6 is 0 Å². The van der Waals surface area contributed by atoms with Crippen LogP contribution in [-0.2, 0) is 6.54 Å². The molecule has 1 aliphatic rings. The molecule has 0 atom stereocenters. The lowest BCUT2D eigenvalue weighted by Gasteiger charge is -2.21. The fourth-order valence-electron chi connectivity index (χ4n) is 2.33. The van der Waals surface area contributed by atoms with Gasteiger partial charge >= 0.3 is 0 Å². The molecule has 0 bridgehead atoms. The van der Waals surface area contributed by atoms with Crippen LogP contribution in [0.25, 0.3) is 0 Å². The van der Waals surface area contributed by atoms with Crippen LogP contribution in [-0.4, -0.2) is 65.4 Å². The first-order valence-electron chi connectivity index (χ1n) is 6.50.